The molecule has 0 saturated carbocycles. The van der Waals surface area contributed by atoms with Crippen LogP contribution < -0.4 is 5.32 Å². The molecule has 2 heterocycles. The zero-order chi connectivity index (χ0) is 17.1. The molecule has 0 radical (unpaired) electrons. The minimum Gasteiger partial charge on any atom is -0.324 e. The zero-order valence-corrected chi connectivity index (χ0v) is 14.8. The SMILES string of the molecule is C[C@@H](Sc1n[nH]c(-c2cccs2)n1)C(=O)Nc1ccc(F)cc1Cl. The van der Waals surface area contributed by atoms with E-state index in [1.54, 1.807) is 18.3 Å². The summed E-state index contributed by atoms with van der Waals surface area (Å²) in [5.41, 5.74) is 0.366. The third kappa shape index (κ3) is 3.95. The van der Waals surface area contributed by atoms with Gasteiger partial charge in [0.15, 0.2) is 5.82 Å². The summed E-state index contributed by atoms with van der Waals surface area (Å²) in [5, 5.41) is 11.8. The van der Waals surface area contributed by atoms with E-state index in [0.717, 1.165) is 10.9 Å². The number of H-pyrrole nitrogens is 1. The Bertz CT molecular complexity index is 853. The molecule has 0 aliphatic heterocycles. The van der Waals surface area contributed by atoms with Gasteiger partial charge >= 0.3 is 0 Å². The molecule has 2 N–H and O–H groups in total. The van der Waals surface area contributed by atoms with Crippen LogP contribution in [0.1, 0.15) is 6.92 Å². The van der Waals surface area contributed by atoms with Crippen molar-refractivity contribution in [1.29, 1.82) is 0 Å². The maximum absolute atomic E-state index is 13.0. The summed E-state index contributed by atoms with van der Waals surface area (Å²) >= 11 is 8.68. The first-order chi connectivity index (χ1) is 11.5. The molecule has 0 spiro atoms. The summed E-state index contributed by atoms with van der Waals surface area (Å²) in [6.45, 7) is 1.73. The molecule has 0 saturated heterocycles. The van der Waals surface area contributed by atoms with E-state index in [2.05, 4.69) is 20.5 Å². The smallest absolute Gasteiger partial charge is 0.237 e. The number of hydrogen-bond acceptors (Lipinski definition) is 5. The quantitative estimate of drug-likeness (QED) is 0.640. The van der Waals surface area contributed by atoms with Crippen LogP contribution in [0.2, 0.25) is 5.02 Å². The van der Waals surface area contributed by atoms with Crippen molar-refractivity contribution < 1.29 is 9.18 Å². The molecule has 9 heteroatoms. The van der Waals surface area contributed by atoms with Gasteiger partial charge in [0.05, 0.1) is 20.8 Å². The van der Waals surface area contributed by atoms with Crippen molar-refractivity contribution >= 4 is 46.3 Å². The minimum atomic E-state index is -0.456. The van der Waals surface area contributed by atoms with Gasteiger partial charge in [0.25, 0.3) is 0 Å². The number of carbonyl (C=O) groups is 1. The fourth-order valence-corrected chi connectivity index (χ4v) is 3.46. The van der Waals surface area contributed by atoms with E-state index in [4.69, 9.17) is 11.6 Å². The standard InChI is InChI=1S/C15H12ClFN4OS2/c1-8(14(22)18-11-5-4-9(17)7-10(11)16)24-15-19-13(20-21-15)12-3-2-6-23-12/h2-8H,1H3,(H,18,22)(H,19,20,21)/t8-/m1/s1. The number of aromatic nitrogens is 3. The molecule has 1 atom stereocenters. The lowest BCUT2D eigenvalue weighted by molar-refractivity contribution is -0.115. The number of benzene rings is 1. The lowest BCUT2D eigenvalue weighted by atomic mass is 10.3. The van der Waals surface area contributed by atoms with Gasteiger partial charge in [-0.2, -0.15) is 0 Å². The van der Waals surface area contributed by atoms with Crippen LogP contribution in [-0.2, 0) is 4.79 Å². The molecule has 124 valence electrons. The molecule has 0 fully saturated rings. The fraction of sp³-hybridized carbons (Fsp3) is 0.133. The lowest BCUT2D eigenvalue weighted by Crippen LogP contribution is -2.22. The minimum absolute atomic E-state index is 0.151. The number of nitrogens with zero attached hydrogens (tertiary/aromatic N) is 2. The predicted octanol–water partition coefficient (Wildman–Crippen LogP) is 4.45. The molecule has 24 heavy (non-hydrogen) atoms. The van der Waals surface area contributed by atoms with E-state index in [1.165, 1.54) is 23.9 Å². The number of nitrogens with one attached hydrogen (secondary N) is 2. The van der Waals surface area contributed by atoms with Gasteiger partial charge in [-0.3, -0.25) is 9.89 Å². The highest BCUT2D eigenvalue weighted by Gasteiger charge is 2.18. The summed E-state index contributed by atoms with van der Waals surface area (Å²) in [4.78, 5) is 17.6. The van der Waals surface area contributed by atoms with Crippen molar-refractivity contribution in [3.63, 3.8) is 0 Å². The van der Waals surface area contributed by atoms with E-state index < -0.39 is 11.1 Å². The first-order valence-electron chi connectivity index (χ1n) is 6.92. The molecule has 1 amide bonds. The van der Waals surface area contributed by atoms with Gasteiger partial charge in [0.2, 0.25) is 11.1 Å². The van der Waals surface area contributed by atoms with Crippen LogP contribution in [0.25, 0.3) is 10.7 Å². The molecule has 0 aliphatic rings. The van der Waals surface area contributed by atoms with Crippen molar-refractivity contribution in [3.05, 3.63) is 46.6 Å². The number of anilines is 1. The second-order valence-corrected chi connectivity index (χ2v) is 7.48. The van der Waals surface area contributed by atoms with E-state index in [0.29, 0.717) is 16.7 Å². The first kappa shape index (κ1) is 16.9. The van der Waals surface area contributed by atoms with Crippen LogP contribution in [-0.4, -0.2) is 26.3 Å². The average molecular weight is 383 g/mol. The summed E-state index contributed by atoms with van der Waals surface area (Å²) in [5.74, 6) is -0.0556. The van der Waals surface area contributed by atoms with Crippen LogP contribution in [0.5, 0.6) is 0 Å². The molecule has 1 aromatic carbocycles. The van der Waals surface area contributed by atoms with E-state index in [9.17, 15) is 9.18 Å². The van der Waals surface area contributed by atoms with E-state index in [1.807, 2.05) is 17.5 Å². The Labute approximate surface area is 150 Å². The topological polar surface area (TPSA) is 70.7 Å². The van der Waals surface area contributed by atoms with Gasteiger partial charge < -0.3 is 5.32 Å². The Morgan fingerprint density at radius 1 is 1.46 bits per heavy atom. The molecule has 5 nitrogen and oxygen atoms in total. The maximum atomic E-state index is 13.0. The van der Waals surface area contributed by atoms with Crippen molar-refractivity contribution in [2.75, 3.05) is 5.32 Å². The second-order valence-electron chi connectivity index (χ2n) is 4.82. The number of rotatable bonds is 5. The Morgan fingerprint density at radius 3 is 3.00 bits per heavy atom. The molecule has 0 aliphatic carbocycles. The van der Waals surface area contributed by atoms with Crippen molar-refractivity contribution in [2.45, 2.75) is 17.3 Å². The van der Waals surface area contributed by atoms with Crippen molar-refractivity contribution in [2.24, 2.45) is 0 Å². The molecule has 2 aromatic heterocycles. The van der Waals surface area contributed by atoms with Crippen molar-refractivity contribution in [3.8, 4) is 10.7 Å². The average Bonchev–Trinajstić information content (AvgIpc) is 3.20. The molecular weight excluding hydrogens is 371 g/mol. The van der Waals surface area contributed by atoms with Crippen LogP contribution in [0.15, 0.2) is 40.9 Å². The van der Waals surface area contributed by atoms with Gasteiger partial charge in [0.1, 0.15) is 5.82 Å². The Hall–Kier alpha value is -1.90. The van der Waals surface area contributed by atoms with Gasteiger partial charge in [-0.1, -0.05) is 29.4 Å². The van der Waals surface area contributed by atoms with Crippen LogP contribution in [0, 0.1) is 5.82 Å². The molecule has 0 bridgehead atoms. The number of aromatic amines is 1. The van der Waals surface area contributed by atoms with Crippen LogP contribution in [0.4, 0.5) is 10.1 Å². The number of carbonyl (C=O) groups excluding carboxylic acids is 1. The van der Waals surface area contributed by atoms with E-state index in [-0.39, 0.29) is 10.9 Å². The summed E-state index contributed by atoms with van der Waals surface area (Å²) in [6, 6.07) is 7.68. The number of halogens is 2. The van der Waals surface area contributed by atoms with Crippen LogP contribution in [0.3, 0.4) is 0 Å². The largest absolute Gasteiger partial charge is 0.324 e. The molecule has 3 rings (SSSR count). The monoisotopic (exact) mass is 382 g/mol. The third-order valence-electron chi connectivity index (χ3n) is 3.06. The van der Waals surface area contributed by atoms with Crippen molar-refractivity contribution in [1.82, 2.24) is 15.2 Å². The second kappa shape index (κ2) is 7.33. The number of thiophene rings is 1. The molecule has 0 unspecified atom stereocenters. The summed E-state index contributed by atoms with van der Waals surface area (Å²) in [7, 11) is 0. The van der Waals surface area contributed by atoms with Gasteiger partial charge in [-0.25, -0.2) is 9.37 Å². The zero-order valence-electron chi connectivity index (χ0n) is 12.4. The first-order valence-corrected chi connectivity index (χ1v) is 9.05. The summed E-state index contributed by atoms with van der Waals surface area (Å²) in [6.07, 6.45) is 0. The Morgan fingerprint density at radius 2 is 2.29 bits per heavy atom. The maximum Gasteiger partial charge on any atom is 0.237 e. The highest BCUT2D eigenvalue weighted by atomic mass is 35.5. The van der Waals surface area contributed by atoms with Gasteiger partial charge in [0, 0.05) is 0 Å². The van der Waals surface area contributed by atoms with E-state index >= 15 is 0 Å². The summed E-state index contributed by atoms with van der Waals surface area (Å²) < 4.78 is 13.0. The normalized spacial score (nSPS) is 12.1. The predicted molar refractivity (Wildman–Crippen MR) is 95.1 cm³/mol. The lowest BCUT2D eigenvalue weighted by Gasteiger charge is -2.11. The van der Waals surface area contributed by atoms with Gasteiger partial charge in [-0.15, -0.1) is 16.4 Å². The van der Waals surface area contributed by atoms with Crippen LogP contribution >= 0.6 is 34.7 Å². The third-order valence-corrected chi connectivity index (χ3v) is 5.21. The highest BCUT2D eigenvalue weighted by molar-refractivity contribution is 8.00. The fourth-order valence-electron chi connectivity index (χ4n) is 1.86. The Balaban J connectivity index is 1.64. The highest BCUT2D eigenvalue weighted by Crippen LogP contribution is 2.27. The number of thioether (sulfide) groups is 1. The Kier molecular flexibility index (Phi) is 5.17. The number of amides is 1. The van der Waals surface area contributed by atoms with Gasteiger partial charge in [-0.05, 0) is 36.6 Å². The molecule has 3 aromatic rings. The number of hydrogen-bond donors (Lipinski definition) is 2. The molecular formula is C15H12ClFN4OS2.